The third-order valence-corrected chi connectivity index (χ3v) is 3.00. The summed E-state index contributed by atoms with van der Waals surface area (Å²) in [5.74, 6) is -0.381. The molecule has 1 aromatic carbocycles. The van der Waals surface area contributed by atoms with Crippen molar-refractivity contribution >= 4 is 17.2 Å². The van der Waals surface area contributed by atoms with Crippen LogP contribution in [0, 0.1) is 5.82 Å². The first-order chi connectivity index (χ1) is 9.06. The van der Waals surface area contributed by atoms with E-state index in [1.807, 2.05) is 13.1 Å². The Kier molecular flexibility index (Phi) is 4.29. The van der Waals surface area contributed by atoms with Gasteiger partial charge in [-0.25, -0.2) is 4.39 Å². The molecular formula is C14H15FN2OS. The molecular weight excluding hydrogens is 263 g/mol. The highest BCUT2D eigenvalue weighted by atomic mass is 32.1. The van der Waals surface area contributed by atoms with Crippen LogP contribution in [0.2, 0.25) is 0 Å². The van der Waals surface area contributed by atoms with Gasteiger partial charge in [0.1, 0.15) is 10.8 Å². The first-order valence-electron chi connectivity index (χ1n) is 5.84. The lowest BCUT2D eigenvalue weighted by molar-refractivity contribution is 0.317. The normalized spacial score (nSPS) is 10.9. The third-order valence-electron chi connectivity index (χ3n) is 2.78. The smallest absolute Gasteiger partial charge is 0.133 e. The average Bonchev–Trinajstić information content (AvgIpc) is 2.84. The van der Waals surface area contributed by atoms with Crippen molar-refractivity contribution in [2.75, 3.05) is 7.05 Å². The number of hydrogen-bond donors (Lipinski definition) is 1. The molecule has 0 saturated carbocycles. The zero-order chi connectivity index (χ0) is 13.8. The van der Waals surface area contributed by atoms with Gasteiger partial charge in [0.05, 0.1) is 12.5 Å². The van der Waals surface area contributed by atoms with Crippen LogP contribution in [0.5, 0.6) is 0 Å². The molecule has 0 atom stereocenters. The molecule has 1 heterocycles. The minimum absolute atomic E-state index is 0.0804. The van der Waals surface area contributed by atoms with E-state index in [-0.39, 0.29) is 10.8 Å². The van der Waals surface area contributed by atoms with Crippen LogP contribution in [0.1, 0.15) is 16.7 Å². The molecule has 19 heavy (non-hydrogen) atoms. The highest BCUT2D eigenvalue weighted by molar-refractivity contribution is 7.80. The predicted octanol–water partition coefficient (Wildman–Crippen LogP) is 2.68. The van der Waals surface area contributed by atoms with Gasteiger partial charge in [-0.05, 0) is 30.8 Å². The fraction of sp³-hybridized carbons (Fsp3) is 0.214. The average molecular weight is 278 g/mol. The lowest BCUT2D eigenvalue weighted by Crippen LogP contribution is -2.18. The number of rotatable bonds is 5. The number of nitrogens with zero attached hydrogens (tertiary/aromatic N) is 1. The zero-order valence-electron chi connectivity index (χ0n) is 10.6. The summed E-state index contributed by atoms with van der Waals surface area (Å²) in [7, 11) is 1.98. The van der Waals surface area contributed by atoms with E-state index in [1.165, 1.54) is 6.07 Å². The Balaban J connectivity index is 2.06. The van der Waals surface area contributed by atoms with Crippen LogP contribution in [0.25, 0.3) is 0 Å². The van der Waals surface area contributed by atoms with Gasteiger partial charge in [0.2, 0.25) is 0 Å². The summed E-state index contributed by atoms with van der Waals surface area (Å²) >= 11 is 4.83. The largest absolute Gasteiger partial charge is 0.472 e. The van der Waals surface area contributed by atoms with E-state index in [1.54, 1.807) is 24.7 Å². The molecule has 2 rings (SSSR count). The van der Waals surface area contributed by atoms with Gasteiger partial charge < -0.3 is 10.2 Å². The van der Waals surface area contributed by atoms with Crippen molar-refractivity contribution in [3.63, 3.8) is 0 Å². The molecule has 100 valence electrons. The van der Waals surface area contributed by atoms with Crippen LogP contribution in [0.4, 0.5) is 4.39 Å². The first kappa shape index (κ1) is 13.7. The minimum atomic E-state index is -0.381. The van der Waals surface area contributed by atoms with E-state index >= 15 is 0 Å². The maximum atomic E-state index is 13.5. The summed E-state index contributed by atoms with van der Waals surface area (Å²) in [5, 5.41) is 0. The van der Waals surface area contributed by atoms with Crippen LogP contribution in [0.3, 0.4) is 0 Å². The minimum Gasteiger partial charge on any atom is -0.472 e. The second-order valence-electron chi connectivity index (χ2n) is 4.48. The van der Waals surface area contributed by atoms with Crippen LogP contribution in [0.15, 0.2) is 41.2 Å². The van der Waals surface area contributed by atoms with E-state index in [9.17, 15) is 4.39 Å². The van der Waals surface area contributed by atoms with Crippen molar-refractivity contribution in [2.24, 2.45) is 5.73 Å². The van der Waals surface area contributed by atoms with Gasteiger partial charge in [-0.3, -0.25) is 4.90 Å². The Morgan fingerprint density at radius 2 is 2.05 bits per heavy atom. The molecule has 0 fully saturated rings. The van der Waals surface area contributed by atoms with Crippen LogP contribution in [-0.4, -0.2) is 16.9 Å². The van der Waals surface area contributed by atoms with Gasteiger partial charge in [0, 0.05) is 24.2 Å². The summed E-state index contributed by atoms with van der Waals surface area (Å²) in [5.41, 5.74) is 7.85. The molecule has 0 spiro atoms. The predicted molar refractivity (Wildman–Crippen MR) is 76.2 cm³/mol. The standard InChI is InChI=1S/C14H15FN2OS/c1-17(8-11-4-5-18-9-11)7-10-2-3-13(15)12(6-10)14(16)19/h2-6,9H,7-8H2,1H3,(H2,16,19). The van der Waals surface area contributed by atoms with E-state index < -0.39 is 0 Å². The Morgan fingerprint density at radius 3 is 2.68 bits per heavy atom. The van der Waals surface area contributed by atoms with Crippen LogP contribution in [-0.2, 0) is 13.1 Å². The maximum Gasteiger partial charge on any atom is 0.133 e. The summed E-state index contributed by atoms with van der Waals surface area (Å²) in [6.45, 7) is 1.44. The molecule has 0 radical (unpaired) electrons. The third kappa shape index (κ3) is 3.62. The van der Waals surface area contributed by atoms with Gasteiger partial charge in [0.25, 0.3) is 0 Å². The summed E-state index contributed by atoms with van der Waals surface area (Å²) in [6.07, 6.45) is 3.35. The molecule has 1 aromatic heterocycles. The molecule has 0 aliphatic heterocycles. The number of nitrogens with two attached hydrogens (primary N) is 1. The SMILES string of the molecule is CN(Cc1ccoc1)Cc1ccc(F)c(C(N)=S)c1. The molecule has 2 N–H and O–H groups in total. The summed E-state index contributed by atoms with van der Waals surface area (Å²) in [4.78, 5) is 2.18. The quantitative estimate of drug-likeness (QED) is 0.854. The molecule has 0 bridgehead atoms. The van der Waals surface area contributed by atoms with Gasteiger partial charge >= 0.3 is 0 Å². The molecule has 2 aromatic rings. The molecule has 0 aliphatic rings. The molecule has 5 heteroatoms. The van der Waals surface area contributed by atoms with Crippen molar-refractivity contribution in [3.05, 3.63) is 59.3 Å². The van der Waals surface area contributed by atoms with Gasteiger partial charge in [-0.1, -0.05) is 18.3 Å². The van der Waals surface area contributed by atoms with Crippen molar-refractivity contribution in [2.45, 2.75) is 13.1 Å². The highest BCUT2D eigenvalue weighted by Crippen LogP contribution is 2.13. The second-order valence-corrected chi connectivity index (χ2v) is 4.92. The van der Waals surface area contributed by atoms with Gasteiger partial charge in [-0.2, -0.15) is 0 Å². The lowest BCUT2D eigenvalue weighted by atomic mass is 10.1. The molecule has 0 unspecified atom stereocenters. The van der Waals surface area contributed by atoms with Crippen LogP contribution < -0.4 is 5.73 Å². The molecule has 0 aliphatic carbocycles. The second kappa shape index (κ2) is 5.95. The molecule has 0 saturated heterocycles. The van der Waals surface area contributed by atoms with Crippen molar-refractivity contribution in [1.29, 1.82) is 0 Å². The number of benzene rings is 1. The van der Waals surface area contributed by atoms with Gasteiger partial charge in [0.15, 0.2) is 0 Å². The fourth-order valence-corrected chi connectivity index (χ4v) is 2.08. The fourth-order valence-electron chi connectivity index (χ4n) is 1.92. The number of halogens is 1. The maximum absolute atomic E-state index is 13.5. The van der Waals surface area contributed by atoms with E-state index in [4.69, 9.17) is 22.4 Å². The van der Waals surface area contributed by atoms with E-state index in [0.717, 1.165) is 17.7 Å². The van der Waals surface area contributed by atoms with Crippen molar-refractivity contribution < 1.29 is 8.81 Å². The van der Waals surface area contributed by atoms with E-state index in [2.05, 4.69) is 4.90 Å². The Hall–Kier alpha value is -1.72. The summed E-state index contributed by atoms with van der Waals surface area (Å²) < 4.78 is 18.5. The topological polar surface area (TPSA) is 42.4 Å². The monoisotopic (exact) mass is 278 g/mol. The van der Waals surface area contributed by atoms with Crippen LogP contribution >= 0.6 is 12.2 Å². The van der Waals surface area contributed by atoms with Gasteiger partial charge in [-0.15, -0.1) is 0 Å². The zero-order valence-corrected chi connectivity index (χ0v) is 11.4. The Morgan fingerprint density at radius 1 is 1.32 bits per heavy atom. The van der Waals surface area contributed by atoms with E-state index in [0.29, 0.717) is 12.1 Å². The lowest BCUT2D eigenvalue weighted by Gasteiger charge is -2.16. The number of hydrogen-bond acceptors (Lipinski definition) is 3. The highest BCUT2D eigenvalue weighted by Gasteiger charge is 2.08. The first-order valence-corrected chi connectivity index (χ1v) is 6.25. The van der Waals surface area contributed by atoms with Crippen molar-refractivity contribution in [1.82, 2.24) is 4.90 Å². The number of furan rings is 1. The Labute approximate surface area is 116 Å². The summed E-state index contributed by atoms with van der Waals surface area (Å²) in [6, 6.07) is 6.75. The molecule has 3 nitrogen and oxygen atoms in total. The molecule has 0 amide bonds. The van der Waals surface area contributed by atoms with Crippen molar-refractivity contribution in [3.8, 4) is 0 Å². The number of thiocarbonyl (C=S) groups is 1. The Bertz CT molecular complexity index is 569.